The minimum Gasteiger partial charge on any atom is -0.496 e. The third-order valence-corrected chi connectivity index (χ3v) is 3.85. The number of methoxy groups -OCH3 is 1. The molecule has 0 saturated heterocycles. The molecule has 0 amide bonds. The van der Waals surface area contributed by atoms with Crippen molar-refractivity contribution in [1.29, 1.82) is 0 Å². The third-order valence-electron chi connectivity index (χ3n) is 3.02. The fraction of sp³-hybridized carbons (Fsp3) is 0.267. The van der Waals surface area contributed by atoms with Gasteiger partial charge in [0.25, 0.3) is 0 Å². The predicted molar refractivity (Wildman–Crippen MR) is 81.8 cm³/mol. The Morgan fingerprint density at radius 1 is 1.32 bits per heavy atom. The Hall–Kier alpha value is -1.55. The van der Waals surface area contributed by atoms with Crippen LogP contribution in [0.4, 0.5) is 5.82 Å². The van der Waals surface area contributed by atoms with Crippen LogP contribution in [0.3, 0.4) is 0 Å². The number of benzene rings is 1. The van der Waals surface area contributed by atoms with Crippen molar-refractivity contribution < 1.29 is 4.74 Å². The normalized spacial score (nSPS) is 10.3. The van der Waals surface area contributed by atoms with Crippen LogP contribution in [0.5, 0.6) is 5.75 Å². The lowest BCUT2D eigenvalue weighted by molar-refractivity contribution is 0.409. The van der Waals surface area contributed by atoms with E-state index in [-0.39, 0.29) is 0 Å². The molecule has 0 fully saturated rings. The van der Waals surface area contributed by atoms with Crippen LogP contribution in [0.2, 0.25) is 0 Å². The highest BCUT2D eigenvalue weighted by molar-refractivity contribution is 9.10. The van der Waals surface area contributed by atoms with Gasteiger partial charge in [-0.05, 0) is 40.5 Å². The fourth-order valence-corrected chi connectivity index (χ4v) is 2.12. The molecule has 2 rings (SSSR count). The number of nitrogens with zero attached hydrogens (tertiary/aromatic N) is 2. The average molecular weight is 321 g/mol. The minimum absolute atomic E-state index is 0.762. The molecular weight excluding hydrogens is 304 g/mol. The Morgan fingerprint density at radius 3 is 2.74 bits per heavy atom. The van der Waals surface area contributed by atoms with Crippen LogP contribution in [0.1, 0.15) is 11.1 Å². The summed E-state index contributed by atoms with van der Waals surface area (Å²) < 4.78 is 6.40. The zero-order valence-electron chi connectivity index (χ0n) is 11.4. The maximum absolute atomic E-state index is 5.37. The van der Waals surface area contributed by atoms with Crippen molar-refractivity contribution in [2.75, 3.05) is 19.1 Å². The van der Waals surface area contributed by atoms with Crippen molar-refractivity contribution >= 4 is 21.7 Å². The predicted octanol–water partition coefficient (Wildman–Crippen LogP) is 3.80. The van der Waals surface area contributed by atoms with E-state index in [9.17, 15) is 0 Å². The number of para-hydroxylation sites is 1. The van der Waals surface area contributed by atoms with Gasteiger partial charge in [0.1, 0.15) is 11.6 Å². The molecule has 0 saturated carbocycles. The standard InChI is InChI=1S/C15H17BrN2O/c1-11-8-15(17-9-13(11)16)18(2)10-12-6-4-5-7-14(12)19-3/h4-9H,10H2,1-3H3. The highest BCUT2D eigenvalue weighted by Crippen LogP contribution is 2.23. The topological polar surface area (TPSA) is 25.4 Å². The van der Waals surface area contributed by atoms with Gasteiger partial charge >= 0.3 is 0 Å². The summed E-state index contributed by atoms with van der Waals surface area (Å²) in [6, 6.07) is 10.1. The van der Waals surface area contributed by atoms with E-state index in [0.717, 1.165) is 28.1 Å². The van der Waals surface area contributed by atoms with Crippen molar-refractivity contribution in [2.45, 2.75) is 13.5 Å². The lowest BCUT2D eigenvalue weighted by Gasteiger charge is -2.20. The molecule has 1 aromatic heterocycles. The molecule has 1 heterocycles. The van der Waals surface area contributed by atoms with E-state index in [1.165, 1.54) is 5.56 Å². The van der Waals surface area contributed by atoms with Gasteiger partial charge in [0.05, 0.1) is 7.11 Å². The highest BCUT2D eigenvalue weighted by Gasteiger charge is 2.08. The van der Waals surface area contributed by atoms with Crippen molar-refractivity contribution in [3.63, 3.8) is 0 Å². The zero-order chi connectivity index (χ0) is 13.8. The van der Waals surface area contributed by atoms with Gasteiger partial charge in [-0.2, -0.15) is 0 Å². The van der Waals surface area contributed by atoms with Crippen molar-refractivity contribution in [2.24, 2.45) is 0 Å². The first-order valence-corrected chi connectivity index (χ1v) is 6.86. The van der Waals surface area contributed by atoms with Crippen LogP contribution in [-0.2, 0) is 6.54 Å². The summed E-state index contributed by atoms with van der Waals surface area (Å²) in [5, 5.41) is 0. The van der Waals surface area contributed by atoms with E-state index in [4.69, 9.17) is 4.74 Å². The second-order valence-electron chi connectivity index (χ2n) is 4.46. The Kier molecular flexibility index (Phi) is 4.43. The maximum Gasteiger partial charge on any atom is 0.128 e. The van der Waals surface area contributed by atoms with E-state index in [1.54, 1.807) is 7.11 Å². The van der Waals surface area contributed by atoms with E-state index in [0.29, 0.717) is 0 Å². The summed E-state index contributed by atoms with van der Waals surface area (Å²) in [5.74, 6) is 1.86. The summed E-state index contributed by atoms with van der Waals surface area (Å²) in [5.41, 5.74) is 2.33. The van der Waals surface area contributed by atoms with Gasteiger partial charge in [-0.15, -0.1) is 0 Å². The molecule has 1 aromatic carbocycles. The molecular formula is C15H17BrN2O. The molecule has 19 heavy (non-hydrogen) atoms. The summed E-state index contributed by atoms with van der Waals surface area (Å²) >= 11 is 3.47. The van der Waals surface area contributed by atoms with Crippen LogP contribution in [0, 0.1) is 6.92 Å². The molecule has 3 nitrogen and oxygen atoms in total. The van der Waals surface area contributed by atoms with Crippen LogP contribution < -0.4 is 9.64 Å². The SMILES string of the molecule is COc1ccccc1CN(C)c1cc(C)c(Br)cn1. The monoisotopic (exact) mass is 320 g/mol. The van der Waals surface area contributed by atoms with E-state index >= 15 is 0 Å². The number of ether oxygens (including phenoxy) is 1. The number of pyridine rings is 1. The largest absolute Gasteiger partial charge is 0.496 e. The Bertz CT molecular complexity index is 572. The van der Waals surface area contributed by atoms with Crippen molar-refractivity contribution in [1.82, 2.24) is 4.98 Å². The van der Waals surface area contributed by atoms with Gasteiger partial charge in [-0.1, -0.05) is 18.2 Å². The molecule has 2 aromatic rings. The summed E-state index contributed by atoms with van der Waals surface area (Å²) in [6.07, 6.45) is 1.84. The second kappa shape index (κ2) is 6.06. The Morgan fingerprint density at radius 2 is 2.05 bits per heavy atom. The van der Waals surface area contributed by atoms with Crippen molar-refractivity contribution in [3.8, 4) is 5.75 Å². The van der Waals surface area contributed by atoms with E-state index in [2.05, 4.69) is 44.9 Å². The van der Waals surface area contributed by atoms with Gasteiger partial charge in [-0.3, -0.25) is 0 Å². The summed E-state index contributed by atoms with van der Waals surface area (Å²) in [4.78, 5) is 6.54. The van der Waals surface area contributed by atoms with Gasteiger partial charge < -0.3 is 9.64 Å². The quantitative estimate of drug-likeness (QED) is 0.856. The number of aromatic nitrogens is 1. The van der Waals surface area contributed by atoms with Gasteiger partial charge in [0.15, 0.2) is 0 Å². The maximum atomic E-state index is 5.37. The summed E-state index contributed by atoms with van der Waals surface area (Å²) in [6.45, 7) is 2.82. The highest BCUT2D eigenvalue weighted by atomic mass is 79.9. The molecule has 0 unspecified atom stereocenters. The zero-order valence-corrected chi connectivity index (χ0v) is 12.9. The number of anilines is 1. The summed E-state index contributed by atoms with van der Waals surface area (Å²) in [7, 11) is 3.73. The number of hydrogen-bond acceptors (Lipinski definition) is 3. The lowest BCUT2D eigenvalue weighted by Crippen LogP contribution is -2.18. The van der Waals surface area contributed by atoms with Gasteiger partial charge in [0, 0.05) is 29.8 Å². The Balaban J connectivity index is 2.20. The van der Waals surface area contributed by atoms with Crippen LogP contribution >= 0.6 is 15.9 Å². The third kappa shape index (κ3) is 3.26. The minimum atomic E-state index is 0.762. The smallest absolute Gasteiger partial charge is 0.128 e. The number of hydrogen-bond donors (Lipinski definition) is 0. The molecule has 0 aliphatic rings. The number of rotatable bonds is 4. The number of halogens is 1. The average Bonchev–Trinajstić information content (AvgIpc) is 2.42. The van der Waals surface area contributed by atoms with Crippen LogP contribution in [0.25, 0.3) is 0 Å². The molecule has 0 spiro atoms. The first-order valence-electron chi connectivity index (χ1n) is 6.07. The number of aryl methyl sites for hydroxylation is 1. The molecule has 0 aliphatic carbocycles. The van der Waals surface area contributed by atoms with E-state index in [1.807, 2.05) is 31.4 Å². The lowest BCUT2D eigenvalue weighted by atomic mass is 10.2. The first kappa shape index (κ1) is 13.9. The van der Waals surface area contributed by atoms with Gasteiger partial charge in [-0.25, -0.2) is 4.98 Å². The van der Waals surface area contributed by atoms with Crippen molar-refractivity contribution in [3.05, 3.63) is 52.1 Å². The molecule has 4 heteroatoms. The molecule has 0 radical (unpaired) electrons. The second-order valence-corrected chi connectivity index (χ2v) is 5.31. The fourth-order valence-electron chi connectivity index (χ4n) is 1.90. The Labute approximate surface area is 122 Å². The van der Waals surface area contributed by atoms with E-state index < -0.39 is 0 Å². The van der Waals surface area contributed by atoms with Gasteiger partial charge in [0.2, 0.25) is 0 Å². The van der Waals surface area contributed by atoms with Crippen LogP contribution in [0.15, 0.2) is 41.0 Å². The first-order chi connectivity index (χ1) is 9.11. The van der Waals surface area contributed by atoms with Crippen LogP contribution in [-0.4, -0.2) is 19.1 Å². The molecule has 0 bridgehead atoms. The molecule has 0 N–H and O–H groups in total. The molecule has 0 aliphatic heterocycles. The molecule has 0 atom stereocenters. The molecule has 100 valence electrons.